The van der Waals surface area contributed by atoms with Gasteiger partial charge in [0.25, 0.3) is 5.91 Å². The molecular weight excluding hydrogens is 406 g/mol. The molecule has 4 rings (SSSR count). The SMILES string of the molecule is Cc1cnoc1C(=O)N1CCC[C@@H](N(C)C(=O)NCc2cc3cc(Cl)ccc3[nH]2)C1. The second-order valence-corrected chi connectivity index (χ2v) is 8.12. The summed E-state index contributed by atoms with van der Waals surface area (Å²) in [5.41, 5.74) is 2.59. The smallest absolute Gasteiger partial charge is 0.317 e. The van der Waals surface area contributed by atoms with E-state index in [-0.39, 0.29) is 23.7 Å². The molecule has 158 valence electrons. The second-order valence-electron chi connectivity index (χ2n) is 7.68. The van der Waals surface area contributed by atoms with E-state index in [1.807, 2.05) is 24.3 Å². The number of benzene rings is 1. The molecule has 0 unspecified atom stereocenters. The lowest BCUT2D eigenvalue weighted by Crippen LogP contribution is -2.52. The summed E-state index contributed by atoms with van der Waals surface area (Å²) in [6.07, 6.45) is 3.20. The van der Waals surface area contributed by atoms with Gasteiger partial charge in [-0.1, -0.05) is 16.8 Å². The Hall–Kier alpha value is -3.00. The standard InChI is InChI=1S/C21H24ClN5O3/c1-13-10-24-30-19(13)20(28)27-7-3-4-17(12-27)26(2)21(29)23-11-16-9-14-8-15(22)5-6-18(14)25-16/h5-6,8-10,17,25H,3-4,7,11-12H2,1-2H3,(H,23,29)/t17-/m1/s1. The van der Waals surface area contributed by atoms with Crippen LogP contribution in [-0.4, -0.2) is 58.1 Å². The van der Waals surface area contributed by atoms with Gasteiger partial charge in [0.05, 0.1) is 18.8 Å². The van der Waals surface area contributed by atoms with Gasteiger partial charge in [-0.3, -0.25) is 4.79 Å². The fraction of sp³-hybridized carbons (Fsp3) is 0.381. The summed E-state index contributed by atoms with van der Waals surface area (Å²) < 4.78 is 5.10. The van der Waals surface area contributed by atoms with Crippen LogP contribution in [0.4, 0.5) is 4.79 Å². The number of rotatable bonds is 4. The van der Waals surface area contributed by atoms with Crippen molar-refractivity contribution >= 4 is 34.4 Å². The van der Waals surface area contributed by atoms with Crippen LogP contribution in [0.3, 0.4) is 0 Å². The van der Waals surface area contributed by atoms with Crippen LogP contribution in [0.25, 0.3) is 10.9 Å². The van der Waals surface area contributed by atoms with Crippen molar-refractivity contribution < 1.29 is 14.1 Å². The largest absolute Gasteiger partial charge is 0.357 e. The Kier molecular flexibility index (Phi) is 5.67. The zero-order valence-corrected chi connectivity index (χ0v) is 17.7. The minimum atomic E-state index is -0.180. The molecule has 0 bridgehead atoms. The van der Waals surface area contributed by atoms with Crippen molar-refractivity contribution in [1.29, 1.82) is 0 Å². The molecule has 3 aromatic rings. The van der Waals surface area contributed by atoms with Gasteiger partial charge in [0.2, 0.25) is 5.76 Å². The first-order valence-corrected chi connectivity index (χ1v) is 10.3. The maximum atomic E-state index is 12.7. The molecule has 0 radical (unpaired) electrons. The molecule has 1 aliphatic rings. The number of hydrogen-bond donors (Lipinski definition) is 2. The number of piperidine rings is 1. The van der Waals surface area contributed by atoms with Crippen LogP contribution in [0.1, 0.15) is 34.7 Å². The van der Waals surface area contributed by atoms with Gasteiger partial charge in [-0.25, -0.2) is 4.79 Å². The van der Waals surface area contributed by atoms with Crippen LogP contribution in [0.2, 0.25) is 5.02 Å². The van der Waals surface area contributed by atoms with Crippen LogP contribution in [0.15, 0.2) is 35.0 Å². The summed E-state index contributed by atoms with van der Waals surface area (Å²) >= 11 is 6.03. The summed E-state index contributed by atoms with van der Waals surface area (Å²) in [6, 6.07) is 7.36. The number of likely N-dealkylation sites (tertiary alicyclic amines) is 1. The number of amides is 3. The number of aryl methyl sites for hydroxylation is 1. The third-order valence-electron chi connectivity index (χ3n) is 5.56. The Labute approximate surface area is 179 Å². The van der Waals surface area contributed by atoms with Crippen molar-refractivity contribution in [2.75, 3.05) is 20.1 Å². The molecule has 3 amide bonds. The first-order valence-electron chi connectivity index (χ1n) is 9.90. The number of nitrogens with zero attached hydrogens (tertiary/aromatic N) is 3. The van der Waals surface area contributed by atoms with Crippen LogP contribution >= 0.6 is 11.6 Å². The quantitative estimate of drug-likeness (QED) is 0.662. The second kappa shape index (κ2) is 8.39. The zero-order valence-electron chi connectivity index (χ0n) is 16.9. The Morgan fingerprint density at radius 2 is 2.23 bits per heavy atom. The van der Waals surface area contributed by atoms with Gasteiger partial charge in [-0.05, 0) is 44.0 Å². The number of likely N-dealkylation sites (N-methyl/N-ethyl adjacent to an activating group) is 1. The third-order valence-corrected chi connectivity index (χ3v) is 5.80. The van der Waals surface area contributed by atoms with Gasteiger partial charge in [-0.15, -0.1) is 0 Å². The van der Waals surface area contributed by atoms with E-state index in [0.717, 1.165) is 29.4 Å². The Morgan fingerprint density at radius 3 is 3.00 bits per heavy atom. The Morgan fingerprint density at radius 1 is 1.40 bits per heavy atom. The van der Waals surface area contributed by atoms with Gasteiger partial charge in [-0.2, -0.15) is 0 Å². The van der Waals surface area contributed by atoms with E-state index in [1.54, 1.807) is 23.8 Å². The molecular formula is C21H24ClN5O3. The Bertz CT molecular complexity index is 1080. The zero-order chi connectivity index (χ0) is 21.3. The van der Waals surface area contributed by atoms with E-state index in [4.69, 9.17) is 16.1 Å². The molecule has 0 spiro atoms. The first-order chi connectivity index (χ1) is 14.4. The molecule has 1 aromatic carbocycles. The van der Waals surface area contributed by atoms with Crippen molar-refractivity contribution in [3.63, 3.8) is 0 Å². The number of fused-ring (bicyclic) bond motifs is 1. The molecule has 1 aliphatic heterocycles. The number of halogens is 1. The predicted molar refractivity (Wildman–Crippen MR) is 113 cm³/mol. The average Bonchev–Trinajstić information content (AvgIpc) is 3.36. The van der Waals surface area contributed by atoms with Crippen LogP contribution in [0.5, 0.6) is 0 Å². The lowest BCUT2D eigenvalue weighted by atomic mass is 10.0. The van der Waals surface area contributed by atoms with Crippen molar-refractivity contribution in [1.82, 2.24) is 25.3 Å². The van der Waals surface area contributed by atoms with E-state index in [0.29, 0.717) is 30.2 Å². The average molecular weight is 430 g/mol. The summed E-state index contributed by atoms with van der Waals surface area (Å²) in [4.78, 5) is 32.1. The minimum absolute atomic E-state index is 0.0625. The van der Waals surface area contributed by atoms with Gasteiger partial charge >= 0.3 is 6.03 Å². The number of urea groups is 1. The van der Waals surface area contributed by atoms with Gasteiger partial charge in [0.15, 0.2) is 0 Å². The van der Waals surface area contributed by atoms with Crippen LogP contribution < -0.4 is 5.32 Å². The summed E-state index contributed by atoms with van der Waals surface area (Å²) in [7, 11) is 1.76. The first kappa shape index (κ1) is 20.3. The highest BCUT2D eigenvalue weighted by Crippen LogP contribution is 2.21. The molecule has 9 heteroatoms. The lowest BCUT2D eigenvalue weighted by Gasteiger charge is -2.37. The minimum Gasteiger partial charge on any atom is -0.357 e. The molecule has 0 saturated carbocycles. The van der Waals surface area contributed by atoms with Gasteiger partial charge in [0, 0.05) is 47.3 Å². The number of carbonyl (C=O) groups excluding carboxylic acids is 2. The van der Waals surface area contributed by atoms with Crippen molar-refractivity contribution in [3.05, 3.63) is 52.5 Å². The Balaban J connectivity index is 1.35. The molecule has 1 saturated heterocycles. The summed E-state index contributed by atoms with van der Waals surface area (Å²) in [5.74, 6) is 0.0851. The van der Waals surface area contributed by atoms with E-state index < -0.39 is 0 Å². The maximum Gasteiger partial charge on any atom is 0.317 e. The number of aromatic nitrogens is 2. The van der Waals surface area contributed by atoms with Crippen molar-refractivity contribution in [2.45, 2.75) is 32.4 Å². The third kappa shape index (κ3) is 4.14. The summed E-state index contributed by atoms with van der Waals surface area (Å²) in [6.45, 7) is 3.28. The van der Waals surface area contributed by atoms with Gasteiger partial charge < -0.3 is 24.6 Å². The molecule has 1 atom stereocenters. The van der Waals surface area contributed by atoms with E-state index in [2.05, 4.69) is 15.5 Å². The molecule has 8 nitrogen and oxygen atoms in total. The molecule has 0 aliphatic carbocycles. The normalized spacial score (nSPS) is 16.6. The molecule has 3 heterocycles. The number of hydrogen-bond acceptors (Lipinski definition) is 4. The van der Waals surface area contributed by atoms with Crippen LogP contribution in [-0.2, 0) is 6.54 Å². The fourth-order valence-corrected chi connectivity index (χ4v) is 4.00. The number of nitrogens with one attached hydrogen (secondary N) is 2. The van der Waals surface area contributed by atoms with E-state index in [9.17, 15) is 9.59 Å². The van der Waals surface area contributed by atoms with Crippen LogP contribution in [0, 0.1) is 6.92 Å². The van der Waals surface area contributed by atoms with Crippen molar-refractivity contribution in [2.24, 2.45) is 0 Å². The molecule has 2 N–H and O–H groups in total. The molecule has 2 aromatic heterocycles. The predicted octanol–water partition coefficient (Wildman–Crippen LogP) is 3.56. The van der Waals surface area contributed by atoms with E-state index >= 15 is 0 Å². The van der Waals surface area contributed by atoms with E-state index in [1.165, 1.54) is 6.20 Å². The molecule has 30 heavy (non-hydrogen) atoms. The topological polar surface area (TPSA) is 94.5 Å². The number of aromatic amines is 1. The lowest BCUT2D eigenvalue weighted by molar-refractivity contribution is 0.0595. The highest BCUT2D eigenvalue weighted by atomic mass is 35.5. The number of H-pyrrole nitrogens is 1. The number of carbonyl (C=O) groups is 2. The molecule has 1 fully saturated rings. The summed E-state index contributed by atoms with van der Waals surface area (Å²) in [5, 5.41) is 8.31. The maximum absolute atomic E-state index is 12.7. The van der Waals surface area contributed by atoms with Gasteiger partial charge in [0.1, 0.15) is 0 Å². The monoisotopic (exact) mass is 429 g/mol. The highest BCUT2D eigenvalue weighted by Gasteiger charge is 2.31. The highest BCUT2D eigenvalue weighted by molar-refractivity contribution is 6.31. The van der Waals surface area contributed by atoms with Crippen molar-refractivity contribution in [3.8, 4) is 0 Å². The fourth-order valence-electron chi connectivity index (χ4n) is 3.82.